The van der Waals surface area contributed by atoms with Crippen molar-refractivity contribution in [3.8, 4) is 0 Å². The fourth-order valence-electron chi connectivity index (χ4n) is 3.29. The molecule has 6 nitrogen and oxygen atoms in total. The lowest BCUT2D eigenvalue weighted by molar-refractivity contribution is 0.0792. The van der Waals surface area contributed by atoms with Gasteiger partial charge in [-0.05, 0) is 37.1 Å². The normalized spacial score (nSPS) is 14.2. The lowest BCUT2D eigenvalue weighted by Crippen LogP contribution is -2.28. The zero-order valence-corrected chi connectivity index (χ0v) is 14.3. The Morgan fingerprint density at radius 3 is 2.88 bits per heavy atom. The van der Waals surface area contributed by atoms with Crippen molar-refractivity contribution in [2.75, 3.05) is 25.0 Å². The first-order valence-corrected chi connectivity index (χ1v) is 8.60. The van der Waals surface area contributed by atoms with Gasteiger partial charge in [0.2, 0.25) is 0 Å². The lowest BCUT2D eigenvalue weighted by Gasteiger charge is -2.20. The molecule has 0 N–H and O–H groups in total. The van der Waals surface area contributed by atoms with Crippen molar-refractivity contribution in [2.24, 2.45) is 0 Å². The van der Waals surface area contributed by atoms with Crippen LogP contribution in [-0.4, -0.2) is 45.3 Å². The van der Waals surface area contributed by atoms with Gasteiger partial charge in [0.05, 0.1) is 18.4 Å². The average molecular weight is 335 g/mol. The van der Waals surface area contributed by atoms with E-state index in [1.165, 1.54) is 0 Å². The molecule has 0 radical (unpaired) electrons. The maximum absolute atomic E-state index is 12.6. The molecule has 4 heterocycles. The second kappa shape index (κ2) is 6.55. The summed E-state index contributed by atoms with van der Waals surface area (Å²) in [5, 5.41) is 0. The number of carbonyl (C=O) groups is 1. The van der Waals surface area contributed by atoms with E-state index in [1.54, 1.807) is 12.3 Å². The predicted molar refractivity (Wildman–Crippen MR) is 96.7 cm³/mol. The number of imidazole rings is 1. The highest BCUT2D eigenvalue weighted by Crippen LogP contribution is 2.18. The van der Waals surface area contributed by atoms with E-state index in [2.05, 4.69) is 14.4 Å². The molecule has 1 fully saturated rings. The maximum atomic E-state index is 12.6. The van der Waals surface area contributed by atoms with Crippen LogP contribution >= 0.6 is 0 Å². The van der Waals surface area contributed by atoms with Crippen LogP contribution in [0.15, 0.2) is 48.9 Å². The van der Waals surface area contributed by atoms with Crippen LogP contribution in [0, 0.1) is 0 Å². The summed E-state index contributed by atoms with van der Waals surface area (Å²) in [7, 11) is 1.98. The standard InChI is InChI=1S/C19H21N5O/c1-22(14-16-13-21-17-6-2-3-11-24(16)17)18-12-15(7-8-20-18)19(25)23-9-4-5-10-23/h2-3,6-8,11-13H,4-5,9-10,14H2,1H3. The first kappa shape index (κ1) is 15.6. The lowest BCUT2D eigenvalue weighted by atomic mass is 10.2. The molecular formula is C19H21N5O. The van der Waals surface area contributed by atoms with Crippen LogP contribution in [0.25, 0.3) is 5.65 Å². The largest absolute Gasteiger partial charge is 0.354 e. The predicted octanol–water partition coefficient (Wildman–Crippen LogP) is 2.60. The van der Waals surface area contributed by atoms with Crippen molar-refractivity contribution >= 4 is 17.4 Å². The third-order valence-electron chi connectivity index (χ3n) is 4.67. The third kappa shape index (κ3) is 3.07. The number of rotatable bonds is 4. The highest BCUT2D eigenvalue weighted by molar-refractivity contribution is 5.95. The fraction of sp³-hybridized carbons (Fsp3) is 0.316. The van der Waals surface area contributed by atoms with E-state index in [0.29, 0.717) is 12.1 Å². The van der Waals surface area contributed by atoms with Crippen molar-refractivity contribution in [3.63, 3.8) is 0 Å². The Morgan fingerprint density at radius 1 is 1.20 bits per heavy atom. The minimum absolute atomic E-state index is 0.101. The number of nitrogens with zero attached hydrogens (tertiary/aromatic N) is 5. The summed E-state index contributed by atoms with van der Waals surface area (Å²) in [6.07, 6.45) is 7.79. The van der Waals surface area contributed by atoms with Gasteiger partial charge in [-0.1, -0.05) is 6.07 Å². The molecule has 0 bridgehead atoms. The molecule has 0 unspecified atom stereocenters. The van der Waals surface area contributed by atoms with Gasteiger partial charge in [0.15, 0.2) is 0 Å². The van der Waals surface area contributed by atoms with Gasteiger partial charge in [-0.3, -0.25) is 4.79 Å². The van der Waals surface area contributed by atoms with Crippen molar-refractivity contribution < 1.29 is 4.79 Å². The molecule has 25 heavy (non-hydrogen) atoms. The smallest absolute Gasteiger partial charge is 0.254 e. The van der Waals surface area contributed by atoms with Crippen LogP contribution in [0.2, 0.25) is 0 Å². The SMILES string of the molecule is CN(Cc1cnc2ccccn12)c1cc(C(=O)N2CCCC2)ccn1. The zero-order chi connectivity index (χ0) is 17.2. The molecule has 1 aliphatic heterocycles. The van der Waals surface area contributed by atoms with Gasteiger partial charge in [-0.25, -0.2) is 9.97 Å². The number of amides is 1. The van der Waals surface area contributed by atoms with E-state index in [1.807, 2.05) is 53.5 Å². The second-order valence-electron chi connectivity index (χ2n) is 6.44. The van der Waals surface area contributed by atoms with Gasteiger partial charge in [0, 0.05) is 38.1 Å². The Labute approximate surface area is 146 Å². The molecule has 1 saturated heterocycles. The monoisotopic (exact) mass is 335 g/mol. The fourth-order valence-corrected chi connectivity index (χ4v) is 3.29. The van der Waals surface area contributed by atoms with Crippen LogP contribution in [0.4, 0.5) is 5.82 Å². The number of carbonyl (C=O) groups excluding carboxylic acids is 1. The van der Waals surface area contributed by atoms with Gasteiger partial charge in [0.25, 0.3) is 5.91 Å². The van der Waals surface area contributed by atoms with Crippen molar-refractivity contribution in [1.29, 1.82) is 0 Å². The highest BCUT2D eigenvalue weighted by Gasteiger charge is 2.20. The van der Waals surface area contributed by atoms with Gasteiger partial charge < -0.3 is 14.2 Å². The minimum atomic E-state index is 0.101. The summed E-state index contributed by atoms with van der Waals surface area (Å²) in [6, 6.07) is 9.63. The molecule has 0 aliphatic carbocycles. The van der Waals surface area contributed by atoms with E-state index < -0.39 is 0 Å². The molecule has 3 aromatic heterocycles. The van der Waals surface area contributed by atoms with Crippen molar-refractivity contribution in [2.45, 2.75) is 19.4 Å². The molecule has 128 valence electrons. The summed E-state index contributed by atoms with van der Waals surface area (Å²) >= 11 is 0. The first-order valence-electron chi connectivity index (χ1n) is 8.60. The minimum Gasteiger partial charge on any atom is -0.354 e. The number of likely N-dealkylation sites (tertiary alicyclic amines) is 1. The van der Waals surface area contributed by atoms with Crippen molar-refractivity contribution in [3.05, 3.63) is 60.2 Å². The van der Waals surface area contributed by atoms with Gasteiger partial charge in [-0.2, -0.15) is 0 Å². The molecule has 0 atom stereocenters. The number of fused-ring (bicyclic) bond motifs is 1. The number of anilines is 1. The van der Waals surface area contributed by atoms with Crippen molar-refractivity contribution in [1.82, 2.24) is 19.3 Å². The van der Waals surface area contributed by atoms with E-state index in [0.717, 1.165) is 43.1 Å². The van der Waals surface area contributed by atoms with Crippen LogP contribution < -0.4 is 4.90 Å². The first-order chi connectivity index (χ1) is 12.2. The van der Waals surface area contributed by atoms with Crippen LogP contribution in [0.5, 0.6) is 0 Å². The quantitative estimate of drug-likeness (QED) is 0.735. The summed E-state index contributed by atoms with van der Waals surface area (Å²) in [6.45, 7) is 2.38. The Hall–Kier alpha value is -2.89. The molecular weight excluding hydrogens is 314 g/mol. The van der Waals surface area contributed by atoms with E-state index in [4.69, 9.17) is 0 Å². The summed E-state index contributed by atoms with van der Waals surface area (Å²) in [4.78, 5) is 25.4. The Kier molecular flexibility index (Phi) is 4.09. The summed E-state index contributed by atoms with van der Waals surface area (Å²) in [5.74, 6) is 0.889. The summed E-state index contributed by atoms with van der Waals surface area (Å²) in [5.41, 5.74) is 2.71. The Bertz CT molecular complexity index is 897. The van der Waals surface area contributed by atoms with Crippen LogP contribution in [-0.2, 0) is 6.54 Å². The van der Waals surface area contributed by atoms with E-state index >= 15 is 0 Å². The number of aromatic nitrogens is 3. The molecule has 3 aromatic rings. The van der Waals surface area contributed by atoms with E-state index in [9.17, 15) is 4.79 Å². The molecule has 1 aliphatic rings. The molecule has 0 aromatic carbocycles. The topological polar surface area (TPSA) is 53.7 Å². The molecule has 6 heteroatoms. The summed E-state index contributed by atoms with van der Waals surface area (Å²) < 4.78 is 2.07. The van der Waals surface area contributed by atoms with Gasteiger partial charge in [0.1, 0.15) is 11.5 Å². The third-order valence-corrected chi connectivity index (χ3v) is 4.67. The second-order valence-corrected chi connectivity index (χ2v) is 6.44. The molecule has 4 rings (SSSR count). The molecule has 0 spiro atoms. The van der Waals surface area contributed by atoms with Crippen LogP contribution in [0.3, 0.4) is 0 Å². The Morgan fingerprint density at radius 2 is 2.04 bits per heavy atom. The number of hydrogen-bond donors (Lipinski definition) is 0. The number of pyridine rings is 2. The number of hydrogen-bond acceptors (Lipinski definition) is 4. The van der Waals surface area contributed by atoms with Gasteiger partial charge >= 0.3 is 0 Å². The maximum Gasteiger partial charge on any atom is 0.254 e. The zero-order valence-electron chi connectivity index (χ0n) is 14.3. The van der Waals surface area contributed by atoms with E-state index in [-0.39, 0.29) is 5.91 Å². The Balaban J connectivity index is 1.55. The molecule has 0 saturated carbocycles. The van der Waals surface area contributed by atoms with Crippen LogP contribution in [0.1, 0.15) is 28.9 Å². The highest BCUT2D eigenvalue weighted by atomic mass is 16.2. The molecule has 1 amide bonds. The van der Waals surface area contributed by atoms with Gasteiger partial charge in [-0.15, -0.1) is 0 Å². The average Bonchev–Trinajstić information content (AvgIpc) is 3.32.